The number of nitrogens with one attached hydrogen (secondary N) is 3. The fraction of sp³-hybridized carbons (Fsp3) is 0.208. The maximum absolute atomic E-state index is 13.1. The Kier molecular flexibility index (Phi) is 5.36. The third kappa shape index (κ3) is 3.62. The Hall–Kier alpha value is -3.65. The lowest BCUT2D eigenvalue weighted by atomic mass is 9.95. The number of esters is 1. The van der Waals surface area contributed by atoms with Crippen molar-refractivity contribution in [2.75, 3.05) is 17.7 Å². The summed E-state index contributed by atoms with van der Waals surface area (Å²) in [6.07, 6.45) is 7.32. The van der Waals surface area contributed by atoms with Gasteiger partial charge in [-0.25, -0.2) is 9.59 Å². The molecule has 0 radical (unpaired) electrons. The van der Waals surface area contributed by atoms with Gasteiger partial charge in [-0.1, -0.05) is 18.2 Å². The van der Waals surface area contributed by atoms with E-state index in [0.29, 0.717) is 16.3 Å². The monoisotopic (exact) mass is 446 g/mol. The molecule has 2 amide bonds. The summed E-state index contributed by atoms with van der Waals surface area (Å²) < 4.78 is 5.01. The summed E-state index contributed by atoms with van der Waals surface area (Å²) in [7, 11) is 1.37. The second-order valence-electron chi connectivity index (χ2n) is 7.65. The lowest BCUT2D eigenvalue weighted by molar-refractivity contribution is 0.0601. The molecule has 3 heterocycles. The zero-order valence-electron chi connectivity index (χ0n) is 17.5. The number of nitrogens with zero attached hydrogens (tertiary/aromatic N) is 1. The number of carbonyl (C=O) groups excluding carboxylic acids is 2. The number of carbonyl (C=O) groups is 2. The number of hydrogen-bond acceptors (Lipinski definition) is 5. The van der Waals surface area contributed by atoms with E-state index >= 15 is 0 Å². The van der Waals surface area contributed by atoms with Gasteiger partial charge < -0.3 is 15.0 Å². The molecule has 0 fully saturated rings. The van der Waals surface area contributed by atoms with Gasteiger partial charge in [0.15, 0.2) is 0 Å². The van der Waals surface area contributed by atoms with Crippen molar-refractivity contribution in [3.05, 3.63) is 64.8 Å². The maximum atomic E-state index is 13.1. The molecule has 5 rings (SSSR count). The SMILES string of the molecule is COC(=O)c1c(NC(=O)Nc2c(-c3cccnc3)[nH]c3ccccc23)sc2c1CCCC2. The molecule has 0 bridgehead atoms. The summed E-state index contributed by atoms with van der Waals surface area (Å²) in [6.45, 7) is 0. The van der Waals surface area contributed by atoms with Gasteiger partial charge in [-0.15, -0.1) is 11.3 Å². The van der Waals surface area contributed by atoms with E-state index in [4.69, 9.17) is 4.74 Å². The first kappa shape index (κ1) is 20.3. The van der Waals surface area contributed by atoms with E-state index in [0.717, 1.165) is 58.3 Å². The third-order valence-electron chi connectivity index (χ3n) is 5.68. The van der Waals surface area contributed by atoms with Gasteiger partial charge in [0.2, 0.25) is 0 Å². The van der Waals surface area contributed by atoms with Crippen LogP contribution in [0.15, 0.2) is 48.8 Å². The number of benzene rings is 1. The van der Waals surface area contributed by atoms with Gasteiger partial charge in [-0.3, -0.25) is 10.3 Å². The van der Waals surface area contributed by atoms with Crippen LogP contribution in [0, 0.1) is 0 Å². The fourth-order valence-corrected chi connectivity index (χ4v) is 5.49. The normalized spacial score (nSPS) is 12.9. The van der Waals surface area contributed by atoms with Crippen molar-refractivity contribution in [3.63, 3.8) is 0 Å². The highest BCUT2D eigenvalue weighted by Crippen LogP contribution is 2.39. The molecule has 8 heteroatoms. The third-order valence-corrected chi connectivity index (χ3v) is 6.89. The van der Waals surface area contributed by atoms with E-state index in [1.807, 2.05) is 36.4 Å². The average Bonchev–Trinajstić information content (AvgIpc) is 3.37. The number of pyridine rings is 1. The highest BCUT2D eigenvalue weighted by atomic mass is 32.1. The van der Waals surface area contributed by atoms with E-state index in [-0.39, 0.29) is 0 Å². The number of aromatic nitrogens is 2. The van der Waals surface area contributed by atoms with Crippen molar-refractivity contribution in [1.29, 1.82) is 0 Å². The number of hydrogen-bond donors (Lipinski definition) is 3. The molecule has 0 spiro atoms. The number of anilines is 2. The number of aryl methyl sites for hydroxylation is 1. The van der Waals surface area contributed by atoms with Crippen molar-refractivity contribution >= 4 is 44.9 Å². The lowest BCUT2D eigenvalue weighted by Gasteiger charge is -2.12. The van der Waals surface area contributed by atoms with Crippen LogP contribution in [-0.2, 0) is 17.6 Å². The number of urea groups is 1. The number of ether oxygens (including phenoxy) is 1. The summed E-state index contributed by atoms with van der Waals surface area (Å²) in [5.74, 6) is -0.414. The second-order valence-corrected chi connectivity index (χ2v) is 8.75. The van der Waals surface area contributed by atoms with Gasteiger partial charge in [-0.05, 0) is 49.4 Å². The number of H-pyrrole nitrogens is 1. The van der Waals surface area contributed by atoms with Gasteiger partial charge in [0, 0.05) is 33.7 Å². The Morgan fingerprint density at radius 1 is 1.09 bits per heavy atom. The van der Waals surface area contributed by atoms with Crippen molar-refractivity contribution in [1.82, 2.24) is 9.97 Å². The number of fused-ring (bicyclic) bond motifs is 2. The molecule has 162 valence electrons. The van der Waals surface area contributed by atoms with Crippen LogP contribution >= 0.6 is 11.3 Å². The molecule has 4 aromatic rings. The molecule has 0 atom stereocenters. The Labute approximate surface area is 188 Å². The zero-order chi connectivity index (χ0) is 22.1. The fourth-order valence-electron chi connectivity index (χ4n) is 4.22. The Balaban J connectivity index is 1.49. The molecule has 1 aliphatic carbocycles. The molecule has 3 N–H and O–H groups in total. The average molecular weight is 447 g/mol. The molecule has 3 aromatic heterocycles. The van der Waals surface area contributed by atoms with Crippen LogP contribution in [0.4, 0.5) is 15.5 Å². The lowest BCUT2D eigenvalue weighted by Crippen LogP contribution is -2.21. The quantitative estimate of drug-likeness (QED) is 0.356. The molecule has 1 aliphatic rings. The van der Waals surface area contributed by atoms with Crippen LogP contribution in [-0.4, -0.2) is 29.1 Å². The van der Waals surface area contributed by atoms with Crippen LogP contribution in [0.1, 0.15) is 33.6 Å². The topological polar surface area (TPSA) is 96.1 Å². The largest absolute Gasteiger partial charge is 0.465 e. The molecular weight excluding hydrogens is 424 g/mol. The maximum Gasteiger partial charge on any atom is 0.341 e. The summed E-state index contributed by atoms with van der Waals surface area (Å²) in [6, 6.07) is 11.1. The molecule has 0 unspecified atom stereocenters. The van der Waals surface area contributed by atoms with Crippen molar-refractivity contribution < 1.29 is 14.3 Å². The van der Waals surface area contributed by atoms with Gasteiger partial charge in [0.25, 0.3) is 0 Å². The Morgan fingerprint density at radius 3 is 2.75 bits per heavy atom. The van der Waals surface area contributed by atoms with E-state index in [2.05, 4.69) is 20.6 Å². The number of thiophene rings is 1. The standard InChI is InChI=1S/C24H22N4O3S/c1-31-23(29)19-16-9-3-5-11-18(16)32-22(19)28-24(30)27-21-15-8-2-4-10-17(15)26-20(21)14-7-6-12-25-13-14/h2,4,6-8,10,12-13,26H,3,5,9,11H2,1H3,(H2,27,28,30). The summed E-state index contributed by atoms with van der Waals surface area (Å²) in [5.41, 5.74) is 4.68. The van der Waals surface area contributed by atoms with Crippen LogP contribution < -0.4 is 10.6 Å². The van der Waals surface area contributed by atoms with Crippen LogP contribution in [0.3, 0.4) is 0 Å². The van der Waals surface area contributed by atoms with Crippen molar-refractivity contribution in [3.8, 4) is 11.3 Å². The Morgan fingerprint density at radius 2 is 1.94 bits per heavy atom. The molecule has 0 aliphatic heterocycles. The number of para-hydroxylation sites is 1. The van der Waals surface area contributed by atoms with E-state index in [1.165, 1.54) is 18.4 Å². The highest BCUT2D eigenvalue weighted by molar-refractivity contribution is 7.17. The number of aromatic amines is 1. The minimum Gasteiger partial charge on any atom is -0.465 e. The van der Waals surface area contributed by atoms with Crippen LogP contribution in [0.5, 0.6) is 0 Å². The van der Waals surface area contributed by atoms with Crippen LogP contribution in [0.2, 0.25) is 0 Å². The smallest absolute Gasteiger partial charge is 0.341 e. The molecule has 7 nitrogen and oxygen atoms in total. The molecule has 0 saturated carbocycles. The number of rotatable bonds is 4. The minimum atomic E-state index is -0.414. The molecule has 1 aromatic carbocycles. The van der Waals surface area contributed by atoms with Crippen molar-refractivity contribution in [2.24, 2.45) is 0 Å². The van der Waals surface area contributed by atoms with Crippen molar-refractivity contribution in [2.45, 2.75) is 25.7 Å². The van der Waals surface area contributed by atoms with E-state index in [1.54, 1.807) is 12.4 Å². The number of amides is 2. The van der Waals surface area contributed by atoms with E-state index < -0.39 is 12.0 Å². The molecule has 32 heavy (non-hydrogen) atoms. The van der Waals surface area contributed by atoms with Gasteiger partial charge in [0.1, 0.15) is 5.00 Å². The molecule has 0 saturated heterocycles. The summed E-state index contributed by atoms with van der Waals surface area (Å²) >= 11 is 1.46. The Bertz CT molecular complexity index is 1310. The minimum absolute atomic E-state index is 0.413. The van der Waals surface area contributed by atoms with Gasteiger partial charge in [-0.2, -0.15) is 0 Å². The van der Waals surface area contributed by atoms with E-state index in [9.17, 15) is 9.59 Å². The summed E-state index contributed by atoms with van der Waals surface area (Å²) in [5, 5.41) is 7.31. The first-order chi connectivity index (χ1) is 15.7. The summed E-state index contributed by atoms with van der Waals surface area (Å²) in [4.78, 5) is 34.3. The molecular formula is C24H22N4O3S. The van der Waals surface area contributed by atoms with Crippen LogP contribution in [0.25, 0.3) is 22.2 Å². The predicted molar refractivity (Wildman–Crippen MR) is 126 cm³/mol. The highest BCUT2D eigenvalue weighted by Gasteiger charge is 2.27. The predicted octanol–water partition coefficient (Wildman–Crippen LogP) is 5.60. The first-order valence-corrected chi connectivity index (χ1v) is 11.3. The number of methoxy groups -OCH3 is 1. The second kappa shape index (κ2) is 8.47. The van der Waals surface area contributed by atoms with Gasteiger partial charge in [0.05, 0.1) is 24.1 Å². The van der Waals surface area contributed by atoms with Gasteiger partial charge >= 0.3 is 12.0 Å². The zero-order valence-corrected chi connectivity index (χ0v) is 18.3. The first-order valence-electron chi connectivity index (χ1n) is 10.5.